The Labute approximate surface area is 349 Å². The van der Waals surface area contributed by atoms with Crippen molar-refractivity contribution in [2.75, 3.05) is 14.2 Å². The summed E-state index contributed by atoms with van der Waals surface area (Å²) >= 11 is 0.239. The van der Waals surface area contributed by atoms with Crippen LogP contribution < -0.4 is 0 Å². The van der Waals surface area contributed by atoms with Gasteiger partial charge in [0.1, 0.15) is 39.3 Å². The standard InChI is InChI=1S/C40H42O20S/c1-15-39(53)33(50)25-19(7-5-9-21(25)41)31(48)37(39,13-17(57-15)11-23(43)55-3)61-38-14-18(12-24(44)59-36-29(47)27(45)28(46)30(60-36)35(52)56-4)58-16(2)40(38,54)34(51)26-20(32(38)49)8-6-10-22(26)42/h5-10,15-18,27-30,36,41-42,45-47,53-54H,11-14H2,1-4H3. The smallest absolute Gasteiger partial charge is 0.337 e. The Morgan fingerprint density at radius 2 is 1.13 bits per heavy atom. The van der Waals surface area contributed by atoms with Crippen LogP contribution in [-0.4, -0.2) is 167 Å². The second-order valence-corrected chi connectivity index (χ2v) is 17.2. The van der Waals surface area contributed by atoms with Gasteiger partial charge >= 0.3 is 17.9 Å². The van der Waals surface area contributed by atoms with Gasteiger partial charge in [-0.1, -0.05) is 24.3 Å². The Bertz CT molecular complexity index is 2230. The molecular weight excluding hydrogens is 832 g/mol. The van der Waals surface area contributed by atoms with Crippen molar-refractivity contribution < 1.29 is 97.7 Å². The van der Waals surface area contributed by atoms with Gasteiger partial charge in [-0.25, -0.2) is 4.79 Å². The second-order valence-electron chi connectivity index (χ2n) is 15.6. The Hall–Kier alpha value is -4.84. The summed E-state index contributed by atoms with van der Waals surface area (Å²) in [7, 11) is 2.03. The maximum absolute atomic E-state index is 15.3. The molecule has 0 aromatic heterocycles. The minimum Gasteiger partial charge on any atom is -0.507 e. The number of thioether (sulfide) groups is 1. The minimum atomic E-state index is -3.06. The fourth-order valence-electron chi connectivity index (χ4n) is 9.26. The summed E-state index contributed by atoms with van der Waals surface area (Å²) in [5.41, 5.74) is -8.11. The van der Waals surface area contributed by atoms with Crippen molar-refractivity contribution in [2.45, 2.75) is 115 Å². The van der Waals surface area contributed by atoms with Crippen molar-refractivity contribution in [3.05, 3.63) is 58.7 Å². The van der Waals surface area contributed by atoms with E-state index in [0.717, 1.165) is 39.3 Å². The zero-order chi connectivity index (χ0) is 44.7. The second kappa shape index (κ2) is 15.5. The number of ether oxygens (including phenoxy) is 6. The van der Waals surface area contributed by atoms with E-state index in [1.54, 1.807) is 0 Å². The molecule has 21 heteroatoms. The predicted molar refractivity (Wildman–Crippen MR) is 200 cm³/mol. The van der Waals surface area contributed by atoms with Crippen LogP contribution in [0.2, 0.25) is 0 Å². The van der Waals surface area contributed by atoms with Gasteiger partial charge in [-0.3, -0.25) is 28.8 Å². The van der Waals surface area contributed by atoms with Gasteiger partial charge in [0.05, 0.1) is 62.6 Å². The first-order chi connectivity index (χ1) is 28.6. The van der Waals surface area contributed by atoms with E-state index in [0.29, 0.717) is 0 Å². The number of Topliss-reactive ketones (excluding diaryl/α,β-unsaturated/α-hetero) is 4. The van der Waals surface area contributed by atoms with E-state index in [1.165, 1.54) is 25.1 Å². The van der Waals surface area contributed by atoms with E-state index in [2.05, 4.69) is 4.74 Å². The number of esters is 3. The quantitative estimate of drug-likeness (QED) is 0.124. The molecule has 0 radical (unpaired) electrons. The van der Waals surface area contributed by atoms with Crippen LogP contribution in [0.1, 0.15) is 81.0 Å². The molecule has 2 aliphatic carbocycles. The van der Waals surface area contributed by atoms with Crippen molar-refractivity contribution in [3.63, 3.8) is 0 Å². The average Bonchev–Trinajstić information content (AvgIpc) is 3.21. The summed E-state index contributed by atoms with van der Waals surface area (Å²) in [5, 5.41) is 78.8. The number of hydrogen-bond donors (Lipinski definition) is 7. The molecule has 7 rings (SSSR count). The van der Waals surface area contributed by atoms with Crippen molar-refractivity contribution in [3.8, 4) is 11.5 Å². The Balaban J connectivity index is 1.37. The number of ketones is 4. The molecule has 3 heterocycles. The van der Waals surface area contributed by atoms with E-state index >= 15 is 9.59 Å². The van der Waals surface area contributed by atoms with Crippen LogP contribution in [0.15, 0.2) is 36.4 Å². The Morgan fingerprint density at radius 3 is 1.57 bits per heavy atom. The number of aliphatic hydroxyl groups is 5. The number of phenols is 2. The van der Waals surface area contributed by atoms with Crippen molar-refractivity contribution in [1.29, 1.82) is 0 Å². The van der Waals surface area contributed by atoms with E-state index in [1.807, 2.05) is 0 Å². The number of benzene rings is 2. The molecule has 20 nitrogen and oxygen atoms in total. The summed E-state index contributed by atoms with van der Waals surface area (Å²) < 4.78 is 26.5. The molecule has 0 saturated carbocycles. The van der Waals surface area contributed by atoms with E-state index in [-0.39, 0.29) is 11.8 Å². The molecule has 2 aromatic carbocycles. The number of rotatable bonds is 8. The lowest BCUT2D eigenvalue weighted by Crippen LogP contribution is -2.79. The van der Waals surface area contributed by atoms with Crippen LogP contribution in [0.25, 0.3) is 0 Å². The lowest BCUT2D eigenvalue weighted by atomic mass is 9.63. The number of fused-ring (bicyclic) bond motifs is 4. The lowest BCUT2D eigenvalue weighted by Gasteiger charge is -2.61. The number of carbonyl (C=O) groups is 7. The van der Waals surface area contributed by atoms with Crippen LogP contribution in [0.4, 0.5) is 0 Å². The highest BCUT2D eigenvalue weighted by Gasteiger charge is 2.78. The first-order valence-corrected chi connectivity index (χ1v) is 19.8. The van der Waals surface area contributed by atoms with Gasteiger partial charge in [-0.05, 0) is 38.8 Å². The molecular formula is C40H42O20S. The van der Waals surface area contributed by atoms with Gasteiger partial charge in [-0.15, -0.1) is 11.8 Å². The van der Waals surface area contributed by atoms with Gasteiger partial charge in [-0.2, -0.15) is 0 Å². The number of carbonyl (C=O) groups excluding carboxylic acids is 7. The fourth-order valence-corrected chi connectivity index (χ4v) is 11.6. The molecule has 5 aliphatic rings. The largest absolute Gasteiger partial charge is 0.507 e. The lowest BCUT2D eigenvalue weighted by molar-refractivity contribution is -0.287. The fraction of sp³-hybridized carbons (Fsp3) is 0.525. The van der Waals surface area contributed by atoms with E-state index in [9.17, 15) is 59.7 Å². The van der Waals surface area contributed by atoms with Crippen molar-refractivity contribution in [1.82, 2.24) is 0 Å². The Morgan fingerprint density at radius 1 is 0.672 bits per heavy atom. The van der Waals surface area contributed by atoms with Gasteiger partial charge < -0.3 is 64.2 Å². The number of aliphatic hydroxyl groups excluding tert-OH is 3. The predicted octanol–water partition coefficient (Wildman–Crippen LogP) is -0.939. The van der Waals surface area contributed by atoms with Crippen LogP contribution in [0.3, 0.4) is 0 Å². The molecule has 7 N–H and O–H groups in total. The summed E-state index contributed by atoms with van der Waals surface area (Å²) in [5.74, 6) is -9.33. The van der Waals surface area contributed by atoms with Crippen LogP contribution in [-0.2, 0) is 42.8 Å². The third-order valence-corrected chi connectivity index (χ3v) is 14.3. The third kappa shape index (κ3) is 6.31. The zero-order valence-corrected chi connectivity index (χ0v) is 33.7. The number of phenolic OH excluding ortho intramolecular Hbond substituents is 2. The van der Waals surface area contributed by atoms with Gasteiger partial charge in [0.2, 0.25) is 17.9 Å². The number of hydrogen-bond acceptors (Lipinski definition) is 21. The minimum absolute atomic E-state index is 0.239. The molecule has 0 bridgehead atoms. The highest BCUT2D eigenvalue weighted by molar-refractivity contribution is 8.03. The maximum atomic E-state index is 15.3. The maximum Gasteiger partial charge on any atom is 0.337 e. The molecule has 0 amide bonds. The first-order valence-electron chi connectivity index (χ1n) is 19.0. The molecule has 3 saturated heterocycles. The average molecular weight is 875 g/mol. The highest BCUT2D eigenvalue weighted by atomic mass is 32.2. The zero-order valence-electron chi connectivity index (χ0n) is 32.8. The summed E-state index contributed by atoms with van der Waals surface area (Å²) in [6.45, 7) is 2.38. The van der Waals surface area contributed by atoms with Gasteiger partial charge in [0, 0.05) is 11.1 Å². The topological polar surface area (TPSA) is 316 Å². The number of methoxy groups -OCH3 is 2. The molecule has 2 aromatic rings. The van der Waals surface area contributed by atoms with Crippen LogP contribution in [0, 0.1) is 0 Å². The van der Waals surface area contributed by atoms with Crippen molar-refractivity contribution >= 4 is 52.8 Å². The molecule has 13 atom stereocenters. The molecule has 328 valence electrons. The van der Waals surface area contributed by atoms with Crippen molar-refractivity contribution in [2.24, 2.45) is 0 Å². The summed E-state index contributed by atoms with van der Waals surface area (Å²) in [4.78, 5) is 98.5. The first kappa shape index (κ1) is 44.2. The molecule has 0 spiro atoms. The normalized spacial score (nSPS) is 38.0. The summed E-state index contributed by atoms with van der Waals surface area (Å²) in [6, 6.07) is 7.02. The summed E-state index contributed by atoms with van der Waals surface area (Å²) in [6.07, 6.45) is -19.5. The highest BCUT2D eigenvalue weighted by Crippen LogP contribution is 2.64. The monoisotopic (exact) mass is 874 g/mol. The van der Waals surface area contributed by atoms with E-state index < -0.39 is 176 Å². The van der Waals surface area contributed by atoms with Crippen LogP contribution in [0.5, 0.6) is 11.5 Å². The Kier molecular flexibility index (Phi) is 11.2. The van der Waals surface area contributed by atoms with Gasteiger partial charge in [0.25, 0.3) is 0 Å². The molecule has 13 unspecified atom stereocenters. The molecule has 3 aliphatic heterocycles. The SMILES string of the molecule is COC(=O)CC1CC2(SC34CC(CC(=O)OC5OC(C(=O)OC)C(O)C(O)C5O)OC(C)C3(O)C(=O)c3c(O)cccc3C4=O)C(=O)c3cccc(O)c3C(=O)C2(O)C(C)O1. The number of aromatic hydroxyl groups is 2. The van der Waals surface area contributed by atoms with E-state index in [4.69, 9.17) is 23.7 Å². The molecule has 61 heavy (non-hydrogen) atoms. The van der Waals surface area contributed by atoms with Crippen LogP contribution >= 0.6 is 11.8 Å². The third-order valence-electron chi connectivity index (χ3n) is 12.3. The van der Waals surface area contributed by atoms with Gasteiger partial charge in [0.15, 0.2) is 28.9 Å². The molecule has 3 fully saturated rings.